The summed E-state index contributed by atoms with van der Waals surface area (Å²) in [6.45, 7) is 6.70. The van der Waals surface area contributed by atoms with E-state index in [1.807, 2.05) is 27.7 Å². The molecule has 2 fully saturated rings. The van der Waals surface area contributed by atoms with E-state index in [1.54, 1.807) is 60.7 Å². The summed E-state index contributed by atoms with van der Waals surface area (Å²) in [4.78, 5) is 81.3. The van der Waals surface area contributed by atoms with E-state index in [0.29, 0.717) is 22.3 Å². The van der Waals surface area contributed by atoms with Gasteiger partial charge in [-0.15, -0.1) is 23.5 Å². The van der Waals surface area contributed by atoms with Crippen LogP contribution in [0.4, 0.5) is 26.3 Å². The molecule has 0 spiro atoms. The Morgan fingerprint density at radius 1 is 0.500 bits per heavy atom. The van der Waals surface area contributed by atoms with Gasteiger partial charge in [-0.3, -0.25) is 39.4 Å². The monoisotopic (exact) mass is 1040 g/mol. The summed E-state index contributed by atoms with van der Waals surface area (Å²) in [6, 6.07) is 22.4. The Labute approximate surface area is 421 Å². The molecular formula is C50H56F6N8O6S2. The van der Waals surface area contributed by atoms with Crippen molar-refractivity contribution in [1.82, 2.24) is 42.5 Å². The van der Waals surface area contributed by atoms with Gasteiger partial charge in [0.2, 0.25) is 23.6 Å². The molecule has 72 heavy (non-hydrogen) atoms. The van der Waals surface area contributed by atoms with Gasteiger partial charge in [-0.25, -0.2) is 0 Å². The van der Waals surface area contributed by atoms with Gasteiger partial charge in [0.15, 0.2) is 9.74 Å². The summed E-state index contributed by atoms with van der Waals surface area (Å²) in [5, 5.41) is 22.6. The molecular weight excluding hydrogens is 987 g/mol. The molecule has 4 atom stereocenters. The van der Waals surface area contributed by atoms with Gasteiger partial charge in [0, 0.05) is 48.8 Å². The molecule has 2 saturated heterocycles. The Kier molecular flexibility index (Phi) is 17.5. The van der Waals surface area contributed by atoms with E-state index in [1.165, 1.54) is 24.3 Å². The maximum absolute atomic E-state index is 14.6. The molecule has 0 aliphatic carbocycles. The predicted octanol–water partition coefficient (Wildman–Crippen LogP) is 4.97. The Hall–Kier alpha value is -6.10. The normalized spacial score (nSPS) is 20.1. The molecule has 22 heteroatoms. The van der Waals surface area contributed by atoms with Gasteiger partial charge >= 0.3 is 12.4 Å². The van der Waals surface area contributed by atoms with Gasteiger partial charge < -0.3 is 31.9 Å². The van der Waals surface area contributed by atoms with Crippen LogP contribution in [0.3, 0.4) is 0 Å². The number of halogens is 6. The van der Waals surface area contributed by atoms with E-state index in [-0.39, 0.29) is 52.1 Å². The first-order valence-corrected chi connectivity index (χ1v) is 24.5. The van der Waals surface area contributed by atoms with Gasteiger partial charge in [-0.2, -0.15) is 26.3 Å². The number of nitrogens with one attached hydrogen (secondary N) is 8. The van der Waals surface area contributed by atoms with Crippen molar-refractivity contribution >= 4 is 59.0 Å². The van der Waals surface area contributed by atoms with Crippen LogP contribution in [-0.2, 0) is 67.1 Å². The summed E-state index contributed by atoms with van der Waals surface area (Å²) in [5.74, 6) is -4.34. The fourth-order valence-corrected chi connectivity index (χ4v) is 11.3. The van der Waals surface area contributed by atoms with Crippen LogP contribution < -0.4 is 42.5 Å². The first kappa shape index (κ1) is 55.2. The number of benzene rings is 4. The minimum atomic E-state index is -4.58. The minimum Gasteiger partial charge on any atom is -0.352 e. The maximum Gasteiger partial charge on any atom is 0.416 e. The van der Waals surface area contributed by atoms with Crippen molar-refractivity contribution in [2.45, 2.75) is 97.3 Å². The lowest BCUT2D eigenvalue weighted by Crippen LogP contribution is -2.69. The maximum atomic E-state index is 14.6. The second-order valence-electron chi connectivity index (χ2n) is 18.6. The van der Waals surface area contributed by atoms with Crippen molar-refractivity contribution < 1.29 is 55.1 Å². The highest BCUT2D eigenvalue weighted by molar-refractivity contribution is 8.03. The molecule has 2 aliphatic heterocycles. The number of hydrogen-bond donors (Lipinski definition) is 8. The van der Waals surface area contributed by atoms with Gasteiger partial charge in [-0.05, 0) is 74.2 Å². The second-order valence-corrected chi connectivity index (χ2v) is 22.5. The van der Waals surface area contributed by atoms with E-state index in [0.717, 1.165) is 47.8 Å². The third kappa shape index (κ3) is 14.3. The van der Waals surface area contributed by atoms with Crippen molar-refractivity contribution in [1.29, 1.82) is 0 Å². The van der Waals surface area contributed by atoms with E-state index in [9.17, 15) is 55.1 Å². The van der Waals surface area contributed by atoms with Crippen molar-refractivity contribution in [2.24, 2.45) is 0 Å². The molecule has 0 bridgehead atoms. The second kappa shape index (κ2) is 22.8. The lowest BCUT2D eigenvalue weighted by molar-refractivity contribution is -0.138. The Bertz CT molecular complexity index is 2400. The Morgan fingerprint density at radius 3 is 1.12 bits per heavy atom. The Balaban J connectivity index is 1.21. The zero-order chi connectivity index (χ0) is 52.5. The molecule has 386 valence electrons. The smallest absolute Gasteiger partial charge is 0.352 e. The molecule has 6 amide bonds. The fraction of sp³-hybridized carbons (Fsp3) is 0.400. The summed E-state index contributed by atoms with van der Waals surface area (Å²) in [7, 11) is 0. The van der Waals surface area contributed by atoms with Gasteiger partial charge in [0.25, 0.3) is 11.8 Å². The number of alkyl halides is 6. The molecule has 2 heterocycles. The first-order chi connectivity index (χ1) is 33.8. The van der Waals surface area contributed by atoms with Crippen LogP contribution in [0.25, 0.3) is 0 Å². The molecule has 0 radical (unpaired) electrons. The molecule has 4 aromatic rings. The lowest BCUT2D eigenvalue weighted by Gasteiger charge is -2.37. The van der Waals surface area contributed by atoms with Crippen LogP contribution in [0.5, 0.6) is 0 Å². The number of thioether (sulfide) groups is 2. The number of amides is 6. The van der Waals surface area contributed by atoms with Crippen molar-refractivity contribution in [2.75, 3.05) is 26.2 Å². The SMILES string of the molecule is CC1(C)CNC(C(=O)NCCNC(=O)C2(C(NC(=O)Cc3ccccc3)C(=O)NCc3ccc(C(F)(F)F)cc3)NCC(C)(C)S2)(C(NC(=O)Cc2ccccc2)C(=O)NCc2ccc(C(F)(F)F)cc2)S1. The van der Waals surface area contributed by atoms with E-state index in [2.05, 4.69) is 42.5 Å². The number of hydrogen-bond acceptors (Lipinski definition) is 10. The topological polar surface area (TPSA) is 199 Å². The summed E-state index contributed by atoms with van der Waals surface area (Å²) in [6.07, 6.45) is -9.48. The zero-order valence-corrected chi connectivity index (χ0v) is 41.4. The molecule has 0 aromatic heterocycles. The summed E-state index contributed by atoms with van der Waals surface area (Å²) < 4.78 is 78.3. The highest BCUT2D eigenvalue weighted by Crippen LogP contribution is 2.45. The predicted molar refractivity (Wildman–Crippen MR) is 262 cm³/mol. The van der Waals surface area contributed by atoms with Crippen LogP contribution >= 0.6 is 23.5 Å². The van der Waals surface area contributed by atoms with Crippen molar-refractivity contribution in [3.8, 4) is 0 Å². The molecule has 0 saturated carbocycles. The first-order valence-electron chi connectivity index (χ1n) is 22.8. The van der Waals surface area contributed by atoms with Gasteiger partial charge in [0.1, 0.15) is 12.1 Å². The fourth-order valence-electron chi connectivity index (χ4n) is 8.05. The van der Waals surface area contributed by atoms with Gasteiger partial charge in [0.05, 0.1) is 24.0 Å². The third-order valence-electron chi connectivity index (χ3n) is 11.7. The molecule has 4 aromatic carbocycles. The summed E-state index contributed by atoms with van der Waals surface area (Å²) in [5.41, 5.74) is 0.105. The van der Waals surface area contributed by atoms with E-state index < -0.39 is 90.2 Å². The molecule has 4 unspecified atom stereocenters. The van der Waals surface area contributed by atoms with Crippen LogP contribution in [0.1, 0.15) is 61.1 Å². The average Bonchev–Trinajstić information content (AvgIpc) is 3.85. The van der Waals surface area contributed by atoms with Crippen molar-refractivity contribution in [3.05, 3.63) is 143 Å². The molecule has 8 N–H and O–H groups in total. The average molecular weight is 1040 g/mol. The quantitative estimate of drug-likeness (QED) is 0.0469. The van der Waals surface area contributed by atoms with Gasteiger partial charge in [-0.1, -0.05) is 84.9 Å². The lowest BCUT2D eigenvalue weighted by atomic mass is 10.0. The highest BCUT2D eigenvalue weighted by atomic mass is 32.2. The Morgan fingerprint density at radius 2 is 0.833 bits per heavy atom. The number of rotatable bonds is 19. The summed E-state index contributed by atoms with van der Waals surface area (Å²) >= 11 is 2.15. The van der Waals surface area contributed by atoms with E-state index >= 15 is 0 Å². The molecule has 6 rings (SSSR count). The third-order valence-corrected chi connectivity index (χ3v) is 14.8. The highest BCUT2D eigenvalue weighted by Gasteiger charge is 2.59. The zero-order valence-electron chi connectivity index (χ0n) is 39.7. The van der Waals surface area contributed by atoms with Crippen LogP contribution in [0.15, 0.2) is 109 Å². The number of carbonyl (C=O) groups excluding carboxylic acids is 6. The molecule has 14 nitrogen and oxygen atoms in total. The number of carbonyl (C=O) groups is 6. The van der Waals surface area contributed by atoms with E-state index in [4.69, 9.17) is 0 Å². The van der Waals surface area contributed by atoms with Crippen LogP contribution in [0, 0.1) is 0 Å². The van der Waals surface area contributed by atoms with Crippen LogP contribution in [0.2, 0.25) is 0 Å². The molecule has 2 aliphatic rings. The minimum absolute atomic E-state index is 0.160. The largest absolute Gasteiger partial charge is 0.416 e. The van der Waals surface area contributed by atoms with Crippen LogP contribution in [-0.4, -0.2) is 92.9 Å². The van der Waals surface area contributed by atoms with Crippen molar-refractivity contribution in [3.63, 3.8) is 0 Å². The standard InChI is InChI=1S/C50H56F6N8O6S2/c1-45(2)29-61-47(71-45,39(63-37(65)25-31-11-7-5-8-12-31)41(67)59-27-33-15-19-35(20-16-33)49(51,52)53)43(69)57-23-24-58-44(70)48(62-30-46(3,4)72-48)40(64-38(66)26-32-13-9-6-10-14-32)42(68)60-28-34-17-21-36(22-18-34)50(54,55)56/h5-22,39-40,61-62H,23-30H2,1-4H3,(H,57,69)(H,58,70)(H,59,67)(H,60,68)(H,63,65)(H,64,66).